The minimum absolute atomic E-state index is 0.00157. The molecule has 1 heterocycles. The Hall–Kier alpha value is -0.880. The third-order valence-electron chi connectivity index (χ3n) is 2.42. The number of halogens is 1. The predicted octanol–water partition coefficient (Wildman–Crippen LogP) is 2.07. The van der Waals surface area contributed by atoms with Crippen molar-refractivity contribution in [3.63, 3.8) is 0 Å². The molecule has 0 amide bonds. The number of nitrogens with zero attached hydrogens (tertiary/aromatic N) is 2. The first kappa shape index (κ1) is 14.2. The largest absolute Gasteiger partial charge is 0.480 e. The lowest BCUT2D eigenvalue weighted by Crippen LogP contribution is -2.25. The lowest BCUT2D eigenvalue weighted by molar-refractivity contribution is 0.220. The van der Waals surface area contributed by atoms with Crippen molar-refractivity contribution in [1.29, 1.82) is 0 Å². The normalized spacial score (nSPS) is 11.4. The van der Waals surface area contributed by atoms with E-state index in [1.165, 1.54) is 0 Å². The third kappa shape index (κ3) is 4.47. The van der Waals surface area contributed by atoms with Gasteiger partial charge in [-0.3, -0.25) is 0 Å². The molecule has 96 valence electrons. The van der Waals surface area contributed by atoms with Gasteiger partial charge in [-0.15, -0.1) is 0 Å². The van der Waals surface area contributed by atoms with Crippen molar-refractivity contribution in [2.45, 2.75) is 20.3 Å². The van der Waals surface area contributed by atoms with Crippen LogP contribution in [0.4, 0.5) is 5.95 Å². The van der Waals surface area contributed by atoms with E-state index in [1.54, 1.807) is 13.3 Å². The van der Waals surface area contributed by atoms with Crippen LogP contribution in [0.3, 0.4) is 0 Å². The first-order valence-corrected chi connectivity index (χ1v) is 6.19. The molecule has 0 aliphatic rings. The van der Waals surface area contributed by atoms with Gasteiger partial charge in [-0.05, 0) is 27.8 Å². The molecule has 17 heavy (non-hydrogen) atoms. The van der Waals surface area contributed by atoms with Crippen LogP contribution in [0.15, 0.2) is 10.7 Å². The number of hydrogen-bond donors (Lipinski definition) is 2. The summed E-state index contributed by atoms with van der Waals surface area (Å²) >= 11 is 3.30. The average molecular weight is 304 g/mol. The van der Waals surface area contributed by atoms with E-state index in [0.29, 0.717) is 18.4 Å². The Morgan fingerprint density at radius 1 is 1.53 bits per heavy atom. The zero-order valence-corrected chi connectivity index (χ0v) is 11.9. The highest BCUT2D eigenvalue weighted by Gasteiger charge is 2.17. The molecular weight excluding hydrogens is 286 g/mol. The topological polar surface area (TPSA) is 67.3 Å². The molecule has 6 heteroatoms. The molecule has 1 rings (SSSR count). The molecule has 0 aliphatic carbocycles. The average Bonchev–Trinajstić information content (AvgIpc) is 2.28. The van der Waals surface area contributed by atoms with Crippen molar-refractivity contribution in [1.82, 2.24) is 9.97 Å². The molecule has 0 atom stereocenters. The van der Waals surface area contributed by atoms with E-state index in [9.17, 15) is 0 Å². The highest BCUT2D eigenvalue weighted by molar-refractivity contribution is 9.10. The Balaban J connectivity index is 2.63. The van der Waals surface area contributed by atoms with Crippen LogP contribution in [0.2, 0.25) is 0 Å². The number of methoxy groups -OCH3 is 1. The van der Waals surface area contributed by atoms with E-state index >= 15 is 0 Å². The van der Waals surface area contributed by atoms with Crippen LogP contribution < -0.4 is 10.1 Å². The Bertz CT molecular complexity index is 372. The summed E-state index contributed by atoms with van der Waals surface area (Å²) in [5, 5.41) is 12.1. The summed E-state index contributed by atoms with van der Waals surface area (Å²) in [7, 11) is 1.56. The minimum atomic E-state index is -0.00157. The first-order chi connectivity index (χ1) is 7.98. The van der Waals surface area contributed by atoms with Gasteiger partial charge in [0.15, 0.2) is 0 Å². The highest BCUT2D eigenvalue weighted by Crippen LogP contribution is 2.23. The van der Waals surface area contributed by atoms with E-state index in [0.717, 1.165) is 10.9 Å². The maximum atomic E-state index is 8.93. The minimum Gasteiger partial charge on any atom is -0.480 e. The van der Waals surface area contributed by atoms with Crippen LogP contribution in [0.5, 0.6) is 5.88 Å². The van der Waals surface area contributed by atoms with Gasteiger partial charge in [0, 0.05) is 13.2 Å². The summed E-state index contributed by atoms with van der Waals surface area (Å²) in [6.45, 7) is 5.02. The van der Waals surface area contributed by atoms with Gasteiger partial charge in [-0.1, -0.05) is 13.8 Å². The number of aliphatic hydroxyl groups excluding tert-OH is 1. The molecule has 0 spiro atoms. The van der Waals surface area contributed by atoms with Gasteiger partial charge in [-0.2, -0.15) is 4.98 Å². The summed E-state index contributed by atoms with van der Waals surface area (Å²) in [6.07, 6.45) is 2.38. The van der Waals surface area contributed by atoms with E-state index < -0.39 is 0 Å². The third-order valence-corrected chi connectivity index (χ3v) is 2.96. The van der Waals surface area contributed by atoms with E-state index in [4.69, 9.17) is 9.84 Å². The van der Waals surface area contributed by atoms with E-state index in [-0.39, 0.29) is 12.0 Å². The lowest BCUT2D eigenvalue weighted by Gasteiger charge is -2.23. The molecule has 0 unspecified atom stereocenters. The number of aromatic nitrogens is 2. The SMILES string of the molecule is COc1nc(NCC(C)(C)CCO)ncc1Br. The van der Waals surface area contributed by atoms with Crippen LogP contribution in [0.25, 0.3) is 0 Å². The molecule has 0 aromatic carbocycles. The molecule has 0 bridgehead atoms. The highest BCUT2D eigenvalue weighted by atomic mass is 79.9. The maximum absolute atomic E-state index is 8.93. The fraction of sp³-hybridized carbons (Fsp3) is 0.636. The number of ether oxygens (including phenoxy) is 1. The Morgan fingerprint density at radius 3 is 2.82 bits per heavy atom. The quantitative estimate of drug-likeness (QED) is 0.842. The van der Waals surface area contributed by atoms with Crippen molar-refractivity contribution in [3.05, 3.63) is 10.7 Å². The van der Waals surface area contributed by atoms with Gasteiger partial charge < -0.3 is 15.2 Å². The van der Waals surface area contributed by atoms with Gasteiger partial charge >= 0.3 is 0 Å². The molecule has 5 nitrogen and oxygen atoms in total. The fourth-order valence-corrected chi connectivity index (χ4v) is 1.64. The standard InChI is InChI=1S/C11H18BrN3O2/c1-11(2,4-5-16)7-14-10-13-6-8(12)9(15-10)17-3/h6,16H,4-5,7H2,1-3H3,(H,13,14,15). The second-order valence-electron chi connectivity index (χ2n) is 4.54. The molecule has 0 saturated heterocycles. The molecule has 1 aromatic rings. The van der Waals surface area contributed by atoms with Crippen molar-refractivity contribution in [3.8, 4) is 5.88 Å². The van der Waals surface area contributed by atoms with Crippen molar-refractivity contribution in [2.75, 3.05) is 25.6 Å². The van der Waals surface area contributed by atoms with E-state index in [2.05, 4.69) is 45.1 Å². The van der Waals surface area contributed by atoms with Crippen LogP contribution in [0.1, 0.15) is 20.3 Å². The summed E-state index contributed by atoms with van der Waals surface area (Å²) in [5.41, 5.74) is -0.00157. The number of rotatable bonds is 6. The van der Waals surface area contributed by atoms with Gasteiger partial charge in [0.05, 0.1) is 17.8 Å². The second kappa shape index (κ2) is 6.16. The molecule has 1 aromatic heterocycles. The predicted molar refractivity (Wildman–Crippen MR) is 70.3 cm³/mol. The zero-order chi connectivity index (χ0) is 12.9. The molecular formula is C11H18BrN3O2. The lowest BCUT2D eigenvalue weighted by atomic mass is 9.90. The molecule has 0 saturated carbocycles. The van der Waals surface area contributed by atoms with Crippen LogP contribution >= 0.6 is 15.9 Å². The number of anilines is 1. The number of hydrogen-bond acceptors (Lipinski definition) is 5. The Morgan fingerprint density at radius 2 is 2.24 bits per heavy atom. The summed E-state index contributed by atoms with van der Waals surface area (Å²) in [4.78, 5) is 8.34. The Labute approximate surface area is 110 Å². The van der Waals surface area contributed by atoms with Gasteiger partial charge in [0.25, 0.3) is 0 Å². The summed E-state index contributed by atoms with van der Waals surface area (Å²) in [5.74, 6) is 1.03. The number of aliphatic hydroxyl groups is 1. The first-order valence-electron chi connectivity index (χ1n) is 5.40. The van der Waals surface area contributed by atoms with Gasteiger partial charge in [-0.25, -0.2) is 4.98 Å². The number of nitrogens with one attached hydrogen (secondary N) is 1. The molecule has 2 N–H and O–H groups in total. The van der Waals surface area contributed by atoms with Crippen molar-refractivity contribution in [2.24, 2.45) is 5.41 Å². The van der Waals surface area contributed by atoms with Gasteiger partial charge in [0.2, 0.25) is 11.8 Å². The summed E-state index contributed by atoms with van der Waals surface area (Å²) in [6, 6.07) is 0. The molecule has 0 fully saturated rings. The van der Waals surface area contributed by atoms with Crippen molar-refractivity contribution < 1.29 is 9.84 Å². The summed E-state index contributed by atoms with van der Waals surface area (Å²) < 4.78 is 5.81. The van der Waals surface area contributed by atoms with Crippen LogP contribution in [-0.4, -0.2) is 35.3 Å². The fourth-order valence-electron chi connectivity index (χ4n) is 1.29. The van der Waals surface area contributed by atoms with Crippen LogP contribution in [0, 0.1) is 5.41 Å². The van der Waals surface area contributed by atoms with Gasteiger partial charge in [0.1, 0.15) is 0 Å². The second-order valence-corrected chi connectivity index (χ2v) is 5.40. The monoisotopic (exact) mass is 303 g/mol. The molecule has 0 aliphatic heterocycles. The Kier molecular flexibility index (Phi) is 5.14. The maximum Gasteiger partial charge on any atom is 0.232 e. The van der Waals surface area contributed by atoms with E-state index in [1.807, 2.05) is 0 Å². The van der Waals surface area contributed by atoms with Crippen LogP contribution in [-0.2, 0) is 0 Å². The van der Waals surface area contributed by atoms with Crippen molar-refractivity contribution >= 4 is 21.9 Å². The smallest absolute Gasteiger partial charge is 0.232 e. The zero-order valence-electron chi connectivity index (χ0n) is 10.3. The molecule has 0 radical (unpaired) electrons.